The van der Waals surface area contributed by atoms with Crippen LogP contribution in [0.3, 0.4) is 0 Å². The zero-order valence-corrected chi connectivity index (χ0v) is 12.7. The molecule has 1 unspecified atom stereocenters. The number of nitrogens with one attached hydrogen (secondary N) is 1. The molecule has 0 aliphatic carbocycles. The third-order valence-electron chi connectivity index (χ3n) is 2.39. The quantitative estimate of drug-likeness (QED) is 0.207. The van der Waals surface area contributed by atoms with E-state index in [0.29, 0.717) is 7.05 Å². The summed E-state index contributed by atoms with van der Waals surface area (Å²) in [5.74, 6) is -8.15. The van der Waals surface area contributed by atoms with Gasteiger partial charge in [0.15, 0.2) is 0 Å². The molecule has 0 fully saturated rings. The molecule has 0 heterocycles. The second-order valence-corrected chi connectivity index (χ2v) is 5.58. The predicted molar refractivity (Wildman–Crippen MR) is 66.2 cm³/mol. The summed E-state index contributed by atoms with van der Waals surface area (Å²) in [4.78, 5) is 22.5. The molecule has 0 aliphatic rings. The van der Waals surface area contributed by atoms with E-state index < -0.39 is 52.2 Å². The van der Waals surface area contributed by atoms with Crippen LogP contribution in [0.1, 0.15) is 6.42 Å². The van der Waals surface area contributed by atoms with Crippen LogP contribution in [0.15, 0.2) is 12.7 Å². The summed E-state index contributed by atoms with van der Waals surface area (Å²) < 4.78 is 102. The van der Waals surface area contributed by atoms with Crippen LogP contribution in [-0.2, 0) is 29.2 Å². The van der Waals surface area contributed by atoms with Crippen molar-refractivity contribution in [2.45, 2.75) is 23.6 Å². The number of halogens is 5. The van der Waals surface area contributed by atoms with Crippen LogP contribution in [0.4, 0.5) is 22.0 Å². The van der Waals surface area contributed by atoms with Crippen molar-refractivity contribution in [3.05, 3.63) is 12.7 Å². The van der Waals surface area contributed by atoms with E-state index in [9.17, 15) is 40.0 Å². The maximum atomic E-state index is 13.1. The van der Waals surface area contributed by atoms with Crippen molar-refractivity contribution >= 4 is 22.0 Å². The highest BCUT2D eigenvalue weighted by Gasteiger charge is 2.66. The Bertz CT molecular complexity index is 603. The Hall–Kier alpha value is -1.80. The van der Waals surface area contributed by atoms with Gasteiger partial charge in [0.25, 0.3) is 0 Å². The van der Waals surface area contributed by atoms with Crippen molar-refractivity contribution in [3.8, 4) is 0 Å². The first-order valence-corrected chi connectivity index (χ1v) is 7.21. The summed E-state index contributed by atoms with van der Waals surface area (Å²) in [7, 11) is -5.22. The van der Waals surface area contributed by atoms with Crippen LogP contribution in [0.25, 0.3) is 0 Å². The molecule has 0 aliphatic heterocycles. The van der Waals surface area contributed by atoms with Gasteiger partial charge in [0.2, 0.25) is 0 Å². The first-order valence-electron chi connectivity index (χ1n) is 5.77. The molecule has 1 atom stereocenters. The summed E-state index contributed by atoms with van der Waals surface area (Å²) >= 11 is 0. The summed E-state index contributed by atoms with van der Waals surface area (Å²) in [5, 5.41) is -3.38. The third kappa shape index (κ3) is 4.85. The Labute approximate surface area is 132 Å². The highest BCUT2D eigenvalue weighted by molar-refractivity contribution is 7.86. The van der Waals surface area contributed by atoms with E-state index in [1.165, 1.54) is 5.32 Å². The average molecular weight is 385 g/mol. The summed E-state index contributed by atoms with van der Waals surface area (Å²) in [6.45, 7) is 1.08. The van der Waals surface area contributed by atoms with E-state index in [4.69, 9.17) is 4.55 Å². The van der Waals surface area contributed by atoms with Gasteiger partial charge in [-0.2, -0.15) is 30.4 Å². The summed E-state index contributed by atoms with van der Waals surface area (Å²) in [6.07, 6.45) is -7.41. The maximum absolute atomic E-state index is 13.1. The Balaban J connectivity index is 5.60. The minimum atomic E-state index is -5.93. The summed E-state index contributed by atoms with van der Waals surface area (Å²) in [5.41, 5.74) is 0. The molecule has 14 heteroatoms. The highest BCUT2D eigenvalue weighted by atomic mass is 32.2. The van der Waals surface area contributed by atoms with E-state index in [-0.39, 0.29) is 6.08 Å². The molecule has 0 saturated carbocycles. The molecule has 0 aromatic heterocycles. The Kier molecular flexibility index (Phi) is 6.84. The molecule has 0 spiro atoms. The van der Waals surface area contributed by atoms with Crippen molar-refractivity contribution in [2.24, 2.45) is 0 Å². The van der Waals surface area contributed by atoms with Crippen LogP contribution in [0, 0.1) is 0 Å². The molecule has 140 valence electrons. The lowest BCUT2D eigenvalue weighted by atomic mass is 10.2. The van der Waals surface area contributed by atoms with E-state index in [1.807, 2.05) is 0 Å². The van der Waals surface area contributed by atoms with Crippen molar-refractivity contribution in [3.63, 3.8) is 0 Å². The molecule has 24 heavy (non-hydrogen) atoms. The van der Waals surface area contributed by atoms with E-state index in [0.717, 1.165) is 0 Å². The van der Waals surface area contributed by atoms with Crippen molar-refractivity contribution < 1.29 is 54.0 Å². The van der Waals surface area contributed by atoms with Gasteiger partial charge in [0, 0.05) is 13.1 Å². The van der Waals surface area contributed by atoms with E-state index in [1.54, 1.807) is 0 Å². The molecular formula is C10H12F5NO7S. The minimum absolute atomic E-state index is 0.250. The smallest absolute Gasteiger partial charge is 0.412 e. The van der Waals surface area contributed by atoms with Crippen LogP contribution in [0.5, 0.6) is 0 Å². The molecule has 0 rings (SSSR count). The number of carbonyl (C=O) groups excluding carboxylic acids is 2. The molecular weight excluding hydrogens is 373 g/mol. The van der Waals surface area contributed by atoms with Gasteiger partial charge in [-0.05, 0) is 0 Å². The number of hydrogen-bond donors (Lipinski definition) is 2. The SMILES string of the molecule is C=CC(=O)OC(OCCC(F)(F)S(=O)(=O)O)(C(=O)NC)C(F)(F)F. The van der Waals surface area contributed by atoms with Gasteiger partial charge in [0.05, 0.1) is 13.0 Å². The predicted octanol–water partition coefficient (Wildman–Crippen LogP) is 0.607. The van der Waals surface area contributed by atoms with Gasteiger partial charge in [-0.3, -0.25) is 9.35 Å². The van der Waals surface area contributed by atoms with Gasteiger partial charge < -0.3 is 14.8 Å². The number of amides is 1. The van der Waals surface area contributed by atoms with Crippen LogP contribution in [-0.4, -0.2) is 55.7 Å². The molecule has 0 aromatic carbocycles. The number of ether oxygens (including phenoxy) is 2. The number of esters is 1. The molecule has 8 nitrogen and oxygen atoms in total. The number of alkyl halides is 5. The van der Waals surface area contributed by atoms with Gasteiger partial charge in [-0.1, -0.05) is 6.58 Å². The lowest BCUT2D eigenvalue weighted by Gasteiger charge is -2.32. The molecule has 1 amide bonds. The first kappa shape index (κ1) is 22.2. The molecule has 2 N–H and O–H groups in total. The zero-order chi connectivity index (χ0) is 19.4. The standard InChI is InChI=1S/C10H12F5NO7S/c1-3-6(17)23-9(7(18)16-2,10(13,14)15)22-5-4-8(11,12)24(19,20)21/h3H,1,4-5H2,2H3,(H,16,18)(H,19,20,21). The number of rotatable bonds is 8. The Morgan fingerprint density at radius 3 is 2.08 bits per heavy atom. The molecule has 0 radical (unpaired) electrons. The van der Waals surface area contributed by atoms with Crippen molar-refractivity contribution in [1.29, 1.82) is 0 Å². The highest BCUT2D eigenvalue weighted by Crippen LogP contribution is 2.36. The van der Waals surface area contributed by atoms with Crippen LogP contribution < -0.4 is 5.32 Å². The topological polar surface area (TPSA) is 119 Å². The lowest BCUT2D eigenvalue weighted by molar-refractivity contribution is -0.347. The molecule has 0 bridgehead atoms. The van der Waals surface area contributed by atoms with E-state index >= 15 is 0 Å². The molecule has 0 aromatic rings. The first-order chi connectivity index (χ1) is 10.6. The normalized spacial score (nSPS) is 15.3. The number of carbonyl (C=O) groups is 2. The number of likely N-dealkylation sites (N-methyl/N-ethyl adjacent to an activating group) is 1. The second-order valence-electron chi connectivity index (χ2n) is 4.03. The minimum Gasteiger partial charge on any atom is -0.412 e. The molecule has 0 saturated heterocycles. The van der Waals surface area contributed by atoms with E-state index in [2.05, 4.69) is 16.1 Å². The van der Waals surface area contributed by atoms with Gasteiger partial charge in [-0.15, -0.1) is 0 Å². The summed E-state index contributed by atoms with van der Waals surface area (Å²) in [6, 6.07) is 0. The largest absolute Gasteiger partial charge is 0.466 e. The Morgan fingerprint density at radius 1 is 1.25 bits per heavy atom. The van der Waals surface area contributed by atoms with Gasteiger partial charge in [0.1, 0.15) is 0 Å². The van der Waals surface area contributed by atoms with Gasteiger partial charge >= 0.3 is 39.2 Å². The fourth-order valence-electron chi connectivity index (χ4n) is 1.20. The van der Waals surface area contributed by atoms with Crippen molar-refractivity contribution in [1.82, 2.24) is 5.32 Å². The second kappa shape index (κ2) is 7.40. The lowest BCUT2D eigenvalue weighted by Crippen LogP contribution is -2.61. The fraction of sp³-hybridized carbons (Fsp3) is 0.600. The number of hydrogen-bond acceptors (Lipinski definition) is 6. The maximum Gasteiger partial charge on any atom is 0.466 e. The fourth-order valence-corrected chi connectivity index (χ4v) is 1.54. The van der Waals surface area contributed by atoms with Gasteiger partial charge in [-0.25, -0.2) is 4.79 Å². The van der Waals surface area contributed by atoms with Crippen LogP contribution >= 0.6 is 0 Å². The zero-order valence-electron chi connectivity index (χ0n) is 11.9. The monoisotopic (exact) mass is 385 g/mol. The Morgan fingerprint density at radius 2 is 1.75 bits per heavy atom. The average Bonchev–Trinajstić information content (AvgIpc) is 2.42. The third-order valence-corrected chi connectivity index (χ3v) is 3.34. The van der Waals surface area contributed by atoms with Crippen molar-refractivity contribution in [2.75, 3.05) is 13.7 Å². The van der Waals surface area contributed by atoms with Crippen LogP contribution in [0.2, 0.25) is 0 Å².